The minimum absolute atomic E-state index is 0.0418. The van der Waals surface area contributed by atoms with Gasteiger partial charge in [0, 0.05) is 29.3 Å². The number of rotatable bonds is 7. The number of nitrogens with two attached hydrogens (primary N) is 1. The van der Waals surface area contributed by atoms with Gasteiger partial charge < -0.3 is 20.5 Å². The Morgan fingerprint density at radius 3 is 2.83 bits per heavy atom. The summed E-state index contributed by atoms with van der Waals surface area (Å²) in [4.78, 5) is 2.40. The smallest absolute Gasteiger partial charge is 0.106 e. The lowest BCUT2D eigenvalue weighted by molar-refractivity contribution is 0.0971. The summed E-state index contributed by atoms with van der Waals surface area (Å²) in [7, 11) is 1.95. The molecule has 0 aliphatic heterocycles. The molecule has 0 fully saturated rings. The molecule has 0 bridgehead atoms. The van der Waals surface area contributed by atoms with E-state index in [0.29, 0.717) is 24.7 Å². The lowest BCUT2D eigenvalue weighted by atomic mass is 10.1. The second kappa shape index (κ2) is 7.68. The van der Waals surface area contributed by atoms with E-state index >= 15 is 0 Å². The van der Waals surface area contributed by atoms with Gasteiger partial charge in [-0.25, -0.2) is 0 Å². The van der Waals surface area contributed by atoms with Crippen LogP contribution >= 0.6 is 28.1 Å². The molecule has 18 heavy (non-hydrogen) atoms. The standard InChI is InChI=1S/C12H17BrN2O2S/c1-15(4-6-17-7-5-16)11-3-2-9(13)8-10(11)12(14)18/h2-3,8,16H,4-7H2,1H3,(H2,14,18). The number of anilines is 1. The number of aliphatic hydroxyl groups excluding tert-OH is 1. The normalized spacial score (nSPS) is 10.4. The van der Waals surface area contributed by atoms with Gasteiger partial charge >= 0.3 is 0 Å². The third-order valence-electron chi connectivity index (χ3n) is 2.44. The van der Waals surface area contributed by atoms with Crippen molar-refractivity contribution >= 4 is 38.8 Å². The summed E-state index contributed by atoms with van der Waals surface area (Å²) in [6, 6.07) is 5.82. The molecule has 0 aromatic heterocycles. The molecule has 1 aromatic carbocycles. The van der Waals surface area contributed by atoms with Crippen LogP contribution in [0.3, 0.4) is 0 Å². The molecule has 0 spiro atoms. The maximum absolute atomic E-state index is 8.62. The number of hydrogen-bond acceptors (Lipinski definition) is 4. The minimum Gasteiger partial charge on any atom is -0.394 e. The first kappa shape index (κ1) is 15.4. The molecule has 0 unspecified atom stereocenters. The summed E-state index contributed by atoms with van der Waals surface area (Å²) in [5.74, 6) is 0. The molecule has 1 aromatic rings. The first-order valence-corrected chi connectivity index (χ1v) is 6.75. The molecular formula is C12H17BrN2O2S. The predicted molar refractivity (Wildman–Crippen MR) is 81.2 cm³/mol. The molecule has 0 saturated carbocycles. The zero-order valence-corrected chi connectivity index (χ0v) is 12.6. The van der Waals surface area contributed by atoms with Crippen LogP contribution in [0.15, 0.2) is 22.7 Å². The number of hydrogen-bond donors (Lipinski definition) is 2. The number of benzene rings is 1. The number of likely N-dealkylation sites (N-methyl/N-ethyl adjacent to an activating group) is 1. The molecule has 4 nitrogen and oxygen atoms in total. The number of ether oxygens (including phenoxy) is 1. The molecule has 3 N–H and O–H groups in total. The van der Waals surface area contributed by atoms with Gasteiger partial charge in [0.2, 0.25) is 0 Å². The first-order valence-electron chi connectivity index (χ1n) is 5.55. The number of aliphatic hydroxyl groups is 1. The molecule has 0 aliphatic carbocycles. The monoisotopic (exact) mass is 332 g/mol. The van der Waals surface area contributed by atoms with Crippen molar-refractivity contribution in [3.63, 3.8) is 0 Å². The highest BCUT2D eigenvalue weighted by molar-refractivity contribution is 9.10. The van der Waals surface area contributed by atoms with E-state index in [4.69, 9.17) is 27.8 Å². The summed E-state index contributed by atoms with van der Waals surface area (Å²) >= 11 is 8.45. The topological polar surface area (TPSA) is 58.7 Å². The van der Waals surface area contributed by atoms with Crippen molar-refractivity contribution < 1.29 is 9.84 Å². The summed E-state index contributed by atoms with van der Waals surface area (Å²) in [6.45, 7) is 1.65. The second-order valence-corrected chi connectivity index (χ2v) is 5.14. The third-order valence-corrected chi connectivity index (χ3v) is 3.16. The van der Waals surface area contributed by atoms with Crippen LogP contribution in [0.25, 0.3) is 0 Å². The summed E-state index contributed by atoms with van der Waals surface area (Å²) in [6.07, 6.45) is 0. The first-order chi connectivity index (χ1) is 8.56. The fraction of sp³-hybridized carbons (Fsp3) is 0.417. The summed E-state index contributed by atoms with van der Waals surface area (Å²) in [5, 5.41) is 8.62. The molecular weight excluding hydrogens is 316 g/mol. The Morgan fingerprint density at radius 1 is 1.50 bits per heavy atom. The van der Waals surface area contributed by atoms with E-state index in [0.717, 1.165) is 15.7 Å². The predicted octanol–water partition coefficient (Wildman–Crippen LogP) is 1.53. The Hall–Kier alpha value is -0.690. The van der Waals surface area contributed by atoms with Crippen LogP contribution < -0.4 is 10.6 Å². The number of halogens is 1. The van der Waals surface area contributed by atoms with Gasteiger partial charge in [0.05, 0.1) is 19.8 Å². The van der Waals surface area contributed by atoms with Crippen LogP contribution in [0.5, 0.6) is 0 Å². The van der Waals surface area contributed by atoms with Crippen molar-refractivity contribution in [1.29, 1.82) is 0 Å². The van der Waals surface area contributed by atoms with E-state index in [1.165, 1.54) is 0 Å². The van der Waals surface area contributed by atoms with E-state index < -0.39 is 0 Å². The van der Waals surface area contributed by atoms with Crippen LogP contribution in [0.1, 0.15) is 5.56 Å². The van der Waals surface area contributed by atoms with E-state index in [2.05, 4.69) is 15.9 Å². The highest BCUT2D eigenvalue weighted by Crippen LogP contribution is 2.23. The molecule has 1 rings (SSSR count). The van der Waals surface area contributed by atoms with Gasteiger partial charge in [0.25, 0.3) is 0 Å². The van der Waals surface area contributed by atoms with E-state index in [9.17, 15) is 0 Å². The van der Waals surface area contributed by atoms with E-state index in [1.54, 1.807) is 0 Å². The van der Waals surface area contributed by atoms with Gasteiger partial charge in [0.1, 0.15) is 4.99 Å². The maximum atomic E-state index is 8.62. The summed E-state index contributed by atoms with van der Waals surface area (Å²) < 4.78 is 6.18. The van der Waals surface area contributed by atoms with Crippen molar-refractivity contribution in [2.45, 2.75) is 0 Å². The SMILES string of the molecule is CN(CCOCCO)c1ccc(Br)cc1C(N)=S. The number of nitrogens with zero attached hydrogens (tertiary/aromatic N) is 1. The van der Waals surface area contributed by atoms with Gasteiger partial charge in [-0.05, 0) is 18.2 Å². The zero-order valence-electron chi connectivity index (χ0n) is 10.2. The van der Waals surface area contributed by atoms with Crippen molar-refractivity contribution in [3.05, 3.63) is 28.2 Å². The fourth-order valence-corrected chi connectivity index (χ4v) is 2.05. The Kier molecular flexibility index (Phi) is 6.56. The molecule has 0 radical (unpaired) electrons. The maximum Gasteiger partial charge on any atom is 0.106 e. The quantitative estimate of drug-likeness (QED) is 0.585. The zero-order chi connectivity index (χ0) is 13.5. The van der Waals surface area contributed by atoms with Crippen molar-refractivity contribution in [2.24, 2.45) is 5.73 Å². The molecule has 0 atom stereocenters. The number of thiocarbonyl (C=S) groups is 1. The molecule has 0 aliphatic rings. The Morgan fingerprint density at radius 2 is 2.22 bits per heavy atom. The lowest BCUT2D eigenvalue weighted by Crippen LogP contribution is -2.26. The molecule has 0 saturated heterocycles. The van der Waals surface area contributed by atoms with Gasteiger partial charge in [0.15, 0.2) is 0 Å². The van der Waals surface area contributed by atoms with Crippen LogP contribution in [0, 0.1) is 0 Å². The van der Waals surface area contributed by atoms with E-state index in [-0.39, 0.29) is 6.61 Å². The largest absolute Gasteiger partial charge is 0.394 e. The van der Waals surface area contributed by atoms with Crippen LogP contribution in [-0.4, -0.2) is 43.5 Å². The van der Waals surface area contributed by atoms with Crippen molar-refractivity contribution in [1.82, 2.24) is 0 Å². The Labute approximate surface area is 121 Å². The highest BCUT2D eigenvalue weighted by Gasteiger charge is 2.10. The van der Waals surface area contributed by atoms with Gasteiger partial charge in [-0.3, -0.25) is 0 Å². The van der Waals surface area contributed by atoms with Crippen molar-refractivity contribution in [3.8, 4) is 0 Å². The highest BCUT2D eigenvalue weighted by atomic mass is 79.9. The van der Waals surface area contributed by atoms with Crippen molar-refractivity contribution in [2.75, 3.05) is 38.3 Å². The molecule has 0 heterocycles. The van der Waals surface area contributed by atoms with Gasteiger partial charge in [-0.1, -0.05) is 28.1 Å². The van der Waals surface area contributed by atoms with E-state index in [1.807, 2.05) is 30.1 Å². The minimum atomic E-state index is 0.0418. The molecule has 6 heteroatoms. The lowest BCUT2D eigenvalue weighted by Gasteiger charge is -2.22. The third kappa shape index (κ3) is 4.53. The summed E-state index contributed by atoms with van der Waals surface area (Å²) in [5.41, 5.74) is 7.52. The average Bonchev–Trinajstić information content (AvgIpc) is 2.34. The Bertz CT molecular complexity index is 415. The van der Waals surface area contributed by atoms with Gasteiger partial charge in [-0.2, -0.15) is 0 Å². The van der Waals surface area contributed by atoms with Crippen LogP contribution in [0.2, 0.25) is 0 Å². The molecule has 100 valence electrons. The van der Waals surface area contributed by atoms with Crippen LogP contribution in [-0.2, 0) is 4.74 Å². The second-order valence-electron chi connectivity index (χ2n) is 3.78. The fourth-order valence-electron chi connectivity index (χ4n) is 1.53. The van der Waals surface area contributed by atoms with Crippen LogP contribution in [0.4, 0.5) is 5.69 Å². The Balaban J connectivity index is 2.72. The van der Waals surface area contributed by atoms with Gasteiger partial charge in [-0.15, -0.1) is 0 Å². The molecule has 0 amide bonds. The average molecular weight is 333 g/mol.